The van der Waals surface area contributed by atoms with Crippen LogP contribution in [-0.4, -0.2) is 22.0 Å². The van der Waals surface area contributed by atoms with Gasteiger partial charge in [0.05, 0.1) is 11.5 Å². The van der Waals surface area contributed by atoms with Crippen molar-refractivity contribution in [2.75, 3.05) is 0 Å². The van der Waals surface area contributed by atoms with Crippen LogP contribution in [0.15, 0.2) is 16.6 Å². The van der Waals surface area contributed by atoms with Crippen molar-refractivity contribution < 1.29 is 19.8 Å². The second-order valence-corrected chi connectivity index (χ2v) is 4.64. The number of Topliss-reactive ketones (excluding diaryl/α,β-unsaturated/α-hetero) is 1. The molecule has 0 aromatic heterocycles. The first-order chi connectivity index (χ1) is 7.50. The van der Waals surface area contributed by atoms with Gasteiger partial charge in [0.2, 0.25) is 0 Å². The lowest BCUT2D eigenvalue weighted by Gasteiger charge is -2.22. The molecule has 1 aliphatic rings. The van der Waals surface area contributed by atoms with Gasteiger partial charge >= 0.3 is 5.97 Å². The van der Waals surface area contributed by atoms with Gasteiger partial charge in [-0.05, 0) is 24.1 Å². The maximum Gasteiger partial charge on any atom is 0.307 e. The predicted molar refractivity (Wildman–Crippen MR) is 59.6 cm³/mol. The second kappa shape index (κ2) is 3.90. The average Bonchev–Trinajstić information content (AvgIpc) is 2.22. The van der Waals surface area contributed by atoms with Gasteiger partial charge < -0.3 is 10.2 Å². The normalized spacial score (nSPS) is 19.3. The fourth-order valence-electron chi connectivity index (χ4n) is 1.94. The number of carboxylic acids is 1. The average molecular weight is 285 g/mol. The smallest absolute Gasteiger partial charge is 0.307 e. The molecule has 2 rings (SSSR count). The zero-order chi connectivity index (χ0) is 11.9. The SMILES string of the molecule is O=C1CC(C(=O)O)Cc2c(Br)ccc(O)c21. The fraction of sp³-hybridized carbons (Fsp3) is 0.273. The van der Waals surface area contributed by atoms with E-state index in [2.05, 4.69) is 15.9 Å². The minimum Gasteiger partial charge on any atom is -0.507 e. The molecule has 84 valence electrons. The Morgan fingerprint density at radius 3 is 2.69 bits per heavy atom. The number of benzene rings is 1. The van der Waals surface area contributed by atoms with Gasteiger partial charge in [-0.15, -0.1) is 0 Å². The molecule has 0 bridgehead atoms. The van der Waals surface area contributed by atoms with Gasteiger partial charge in [0.25, 0.3) is 0 Å². The van der Waals surface area contributed by atoms with Gasteiger partial charge in [0, 0.05) is 10.9 Å². The summed E-state index contributed by atoms with van der Waals surface area (Å²) in [7, 11) is 0. The molecule has 16 heavy (non-hydrogen) atoms. The summed E-state index contributed by atoms with van der Waals surface area (Å²) in [5.74, 6) is -2.06. The van der Waals surface area contributed by atoms with Crippen LogP contribution in [0.2, 0.25) is 0 Å². The Balaban J connectivity index is 2.54. The number of rotatable bonds is 1. The molecule has 4 nitrogen and oxygen atoms in total. The van der Waals surface area contributed by atoms with Crippen LogP contribution in [0.4, 0.5) is 0 Å². The Bertz CT molecular complexity index is 481. The van der Waals surface area contributed by atoms with Gasteiger partial charge in [-0.1, -0.05) is 15.9 Å². The van der Waals surface area contributed by atoms with Gasteiger partial charge in [0.1, 0.15) is 5.75 Å². The minimum atomic E-state index is -0.978. The summed E-state index contributed by atoms with van der Waals surface area (Å²) in [6, 6.07) is 3.05. The summed E-state index contributed by atoms with van der Waals surface area (Å²) in [5, 5.41) is 18.5. The molecular formula is C11H9BrO4. The molecule has 0 spiro atoms. The van der Waals surface area contributed by atoms with Crippen molar-refractivity contribution >= 4 is 27.7 Å². The standard InChI is InChI=1S/C11H9BrO4/c12-7-1-2-8(13)10-6(7)3-5(11(15)16)4-9(10)14/h1-2,5,13H,3-4H2,(H,15,16). The highest BCUT2D eigenvalue weighted by Crippen LogP contribution is 2.36. The van der Waals surface area contributed by atoms with Crippen molar-refractivity contribution in [2.45, 2.75) is 12.8 Å². The number of halogens is 1. The molecule has 0 saturated heterocycles. The number of fused-ring (bicyclic) bond motifs is 1. The van der Waals surface area contributed by atoms with Crippen LogP contribution in [0.3, 0.4) is 0 Å². The molecule has 0 amide bonds. The number of phenols is 1. The number of aliphatic carboxylic acids is 1. The third kappa shape index (κ3) is 1.71. The van der Waals surface area contributed by atoms with Crippen LogP contribution in [0.1, 0.15) is 22.3 Å². The van der Waals surface area contributed by atoms with E-state index in [4.69, 9.17) is 5.11 Å². The van der Waals surface area contributed by atoms with Gasteiger partial charge in [-0.25, -0.2) is 0 Å². The topological polar surface area (TPSA) is 74.6 Å². The summed E-state index contributed by atoms with van der Waals surface area (Å²) in [5.41, 5.74) is 0.843. The van der Waals surface area contributed by atoms with Crippen molar-refractivity contribution in [2.24, 2.45) is 5.92 Å². The molecule has 1 aromatic carbocycles. The third-order valence-electron chi connectivity index (χ3n) is 2.74. The zero-order valence-corrected chi connectivity index (χ0v) is 9.82. The van der Waals surface area contributed by atoms with Crippen LogP contribution in [-0.2, 0) is 11.2 Å². The Morgan fingerprint density at radius 1 is 1.38 bits per heavy atom. The molecule has 5 heteroatoms. The Morgan fingerprint density at radius 2 is 2.06 bits per heavy atom. The molecule has 1 atom stereocenters. The first kappa shape index (κ1) is 11.1. The highest BCUT2D eigenvalue weighted by atomic mass is 79.9. The van der Waals surface area contributed by atoms with Gasteiger partial charge in [-0.2, -0.15) is 0 Å². The maximum atomic E-state index is 11.7. The fourth-order valence-corrected chi connectivity index (χ4v) is 2.43. The monoisotopic (exact) mass is 284 g/mol. The van der Waals surface area contributed by atoms with Crippen LogP contribution in [0, 0.1) is 5.92 Å². The van der Waals surface area contributed by atoms with E-state index in [0.29, 0.717) is 10.0 Å². The van der Waals surface area contributed by atoms with Crippen LogP contribution in [0.25, 0.3) is 0 Å². The lowest BCUT2D eigenvalue weighted by Crippen LogP contribution is -2.26. The first-order valence-corrected chi connectivity index (χ1v) is 5.56. The quantitative estimate of drug-likeness (QED) is 0.827. The van der Waals surface area contributed by atoms with Crippen molar-refractivity contribution in [3.63, 3.8) is 0 Å². The van der Waals surface area contributed by atoms with E-state index in [9.17, 15) is 14.7 Å². The number of carbonyl (C=O) groups is 2. The molecule has 0 fully saturated rings. The van der Waals surface area contributed by atoms with Crippen molar-refractivity contribution in [1.29, 1.82) is 0 Å². The van der Waals surface area contributed by atoms with Crippen LogP contribution in [0.5, 0.6) is 5.75 Å². The maximum absolute atomic E-state index is 11.7. The highest BCUT2D eigenvalue weighted by molar-refractivity contribution is 9.10. The largest absolute Gasteiger partial charge is 0.507 e. The third-order valence-corrected chi connectivity index (χ3v) is 3.49. The number of phenolic OH excluding ortho intramolecular Hbond substituents is 1. The van der Waals surface area contributed by atoms with Crippen molar-refractivity contribution in [3.8, 4) is 5.75 Å². The molecule has 2 N–H and O–H groups in total. The van der Waals surface area contributed by atoms with E-state index in [1.54, 1.807) is 6.07 Å². The van der Waals surface area contributed by atoms with Crippen molar-refractivity contribution in [1.82, 2.24) is 0 Å². The van der Waals surface area contributed by atoms with E-state index in [0.717, 1.165) is 0 Å². The molecule has 1 aliphatic carbocycles. The lowest BCUT2D eigenvalue weighted by molar-refractivity contribution is -0.141. The minimum absolute atomic E-state index is 0.0493. The molecule has 1 unspecified atom stereocenters. The van der Waals surface area contributed by atoms with Crippen LogP contribution < -0.4 is 0 Å². The van der Waals surface area contributed by atoms with Crippen LogP contribution >= 0.6 is 15.9 Å². The number of ketones is 1. The Labute approximate surface area is 100 Å². The number of carboxylic acid groups (broad SMARTS) is 1. The van der Waals surface area contributed by atoms with E-state index in [1.165, 1.54) is 6.07 Å². The summed E-state index contributed by atoms with van der Waals surface area (Å²) in [6.07, 6.45) is 0.220. The highest BCUT2D eigenvalue weighted by Gasteiger charge is 2.32. The number of carbonyl (C=O) groups excluding carboxylic acids is 1. The van der Waals surface area contributed by atoms with Gasteiger partial charge in [-0.3, -0.25) is 9.59 Å². The van der Waals surface area contributed by atoms with E-state index < -0.39 is 11.9 Å². The summed E-state index contributed by atoms with van der Waals surface area (Å²) in [4.78, 5) is 22.6. The number of hydrogen-bond donors (Lipinski definition) is 2. The molecule has 0 heterocycles. The molecule has 0 aliphatic heterocycles. The summed E-state index contributed by atoms with van der Waals surface area (Å²) < 4.78 is 0.666. The Kier molecular flexibility index (Phi) is 2.71. The first-order valence-electron chi connectivity index (χ1n) is 4.77. The van der Waals surface area contributed by atoms with E-state index >= 15 is 0 Å². The molecule has 1 aromatic rings. The molecule has 0 radical (unpaired) electrons. The van der Waals surface area contributed by atoms with E-state index in [-0.39, 0.29) is 29.9 Å². The molecular weight excluding hydrogens is 276 g/mol. The summed E-state index contributed by atoms with van der Waals surface area (Å²) >= 11 is 3.26. The number of hydrogen-bond acceptors (Lipinski definition) is 3. The number of aromatic hydroxyl groups is 1. The predicted octanol–water partition coefficient (Wildman–Crippen LogP) is 1.98. The Hall–Kier alpha value is -1.36. The summed E-state index contributed by atoms with van der Waals surface area (Å²) in [6.45, 7) is 0. The lowest BCUT2D eigenvalue weighted by atomic mass is 9.82. The molecule has 0 saturated carbocycles. The van der Waals surface area contributed by atoms with Gasteiger partial charge in [0.15, 0.2) is 5.78 Å². The van der Waals surface area contributed by atoms with E-state index in [1.807, 2.05) is 0 Å². The zero-order valence-electron chi connectivity index (χ0n) is 8.24. The second-order valence-electron chi connectivity index (χ2n) is 3.79. The van der Waals surface area contributed by atoms with Crippen molar-refractivity contribution in [3.05, 3.63) is 27.7 Å².